The maximum absolute atomic E-state index is 11.8. The van der Waals surface area contributed by atoms with Gasteiger partial charge in [0.2, 0.25) is 5.91 Å². The summed E-state index contributed by atoms with van der Waals surface area (Å²) >= 11 is 0. The zero-order valence-corrected chi connectivity index (χ0v) is 11.4. The van der Waals surface area contributed by atoms with E-state index in [1.54, 1.807) is 0 Å². The van der Waals surface area contributed by atoms with E-state index in [9.17, 15) is 4.79 Å². The molecule has 0 saturated carbocycles. The van der Waals surface area contributed by atoms with Crippen molar-refractivity contribution >= 4 is 18.3 Å². The summed E-state index contributed by atoms with van der Waals surface area (Å²) in [5, 5.41) is 6.27. The first kappa shape index (κ1) is 14.7. The van der Waals surface area contributed by atoms with Crippen LogP contribution in [0, 0.1) is 11.8 Å². The largest absolute Gasteiger partial charge is 0.378 e. The predicted octanol–water partition coefficient (Wildman–Crippen LogP) is 0.947. The molecule has 0 aromatic rings. The molecule has 1 amide bonds. The summed E-state index contributed by atoms with van der Waals surface area (Å²) in [5.41, 5.74) is 0. The average molecular weight is 263 g/mol. The third kappa shape index (κ3) is 3.83. The van der Waals surface area contributed by atoms with Gasteiger partial charge in [-0.25, -0.2) is 0 Å². The van der Waals surface area contributed by atoms with Crippen molar-refractivity contribution in [3.8, 4) is 0 Å². The maximum Gasteiger partial charge on any atom is 0.225 e. The summed E-state index contributed by atoms with van der Waals surface area (Å²) in [6.45, 7) is 6.79. The van der Waals surface area contributed by atoms with Crippen LogP contribution in [-0.2, 0) is 9.53 Å². The van der Waals surface area contributed by atoms with Crippen LogP contribution in [0.25, 0.3) is 0 Å². The second-order valence-electron chi connectivity index (χ2n) is 5.24. The summed E-state index contributed by atoms with van der Waals surface area (Å²) in [4.78, 5) is 11.8. The number of nitrogens with one attached hydrogen (secondary N) is 2. The Morgan fingerprint density at radius 3 is 2.65 bits per heavy atom. The number of hydrogen-bond donors (Lipinski definition) is 2. The molecule has 2 N–H and O–H groups in total. The number of carbonyl (C=O) groups excluding carboxylic acids is 1. The lowest BCUT2D eigenvalue weighted by Crippen LogP contribution is -2.54. The van der Waals surface area contributed by atoms with Crippen LogP contribution in [0.3, 0.4) is 0 Å². The van der Waals surface area contributed by atoms with E-state index in [4.69, 9.17) is 4.74 Å². The minimum Gasteiger partial charge on any atom is -0.378 e. The van der Waals surface area contributed by atoms with Crippen molar-refractivity contribution in [1.29, 1.82) is 0 Å². The van der Waals surface area contributed by atoms with Gasteiger partial charge in [-0.2, -0.15) is 0 Å². The van der Waals surface area contributed by atoms with Crippen LogP contribution in [0.15, 0.2) is 0 Å². The second-order valence-corrected chi connectivity index (χ2v) is 5.24. The maximum atomic E-state index is 11.8. The molecule has 2 aliphatic rings. The molecular formula is C12H23ClN2O2. The smallest absolute Gasteiger partial charge is 0.225 e. The van der Waals surface area contributed by atoms with Crippen molar-refractivity contribution in [1.82, 2.24) is 10.6 Å². The summed E-state index contributed by atoms with van der Waals surface area (Å²) in [7, 11) is 0. The summed E-state index contributed by atoms with van der Waals surface area (Å²) in [6.07, 6.45) is 2.22. The van der Waals surface area contributed by atoms with Gasteiger partial charge in [0.25, 0.3) is 0 Å². The molecule has 2 aliphatic heterocycles. The van der Waals surface area contributed by atoms with Crippen LogP contribution in [0.4, 0.5) is 0 Å². The van der Waals surface area contributed by atoms with E-state index in [2.05, 4.69) is 24.5 Å². The van der Waals surface area contributed by atoms with Gasteiger partial charge in [0, 0.05) is 25.7 Å². The minimum atomic E-state index is 0. The number of ether oxygens (including phenoxy) is 1. The lowest BCUT2D eigenvalue weighted by Gasteiger charge is -2.34. The summed E-state index contributed by atoms with van der Waals surface area (Å²) in [5.74, 6) is 0.943. The number of carbonyl (C=O) groups is 1. The molecule has 17 heavy (non-hydrogen) atoms. The fourth-order valence-electron chi connectivity index (χ4n) is 2.22. The van der Waals surface area contributed by atoms with Gasteiger partial charge >= 0.3 is 0 Å². The van der Waals surface area contributed by atoms with Crippen LogP contribution >= 0.6 is 12.4 Å². The van der Waals surface area contributed by atoms with Crippen LogP contribution < -0.4 is 10.6 Å². The molecule has 0 radical (unpaired) electrons. The Labute approximate surface area is 109 Å². The molecule has 2 unspecified atom stereocenters. The molecule has 2 heterocycles. The van der Waals surface area contributed by atoms with E-state index in [0.29, 0.717) is 18.1 Å². The lowest BCUT2D eigenvalue weighted by molar-refractivity contribution is -0.128. The normalized spacial score (nSPS) is 29.4. The molecule has 100 valence electrons. The Morgan fingerprint density at radius 2 is 2.12 bits per heavy atom. The molecule has 5 heteroatoms. The fraction of sp³-hybridized carbons (Fsp3) is 0.917. The van der Waals surface area contributed by atoms with Crippen molar-refractivity contribution in [2.75, 3.05) is 19.7 Å². The fourth-order valence-corrected chi connectivity index (χ4v) is 2.22. The Morgan fingerprint density at radius 1 is 1.41 bits per heavy atom. The summed E-state index contributed by atoms with van der Waals surface area (Å²) in [6, 6.07) is 0.314. The standard InChI is InChI=1S/C12H22N2O2.ClH/c1-8(2)11-5-10(3-4-16-11)14-12(15)9-6-13-7-9;/h8-11,13H,3-7H2,1-2H3,(H,14,15);1H. The van der Waals surface area contributed by atoms with Crippen molar-refractivity contribution in [3.63, 3.8) is 0 Å². The van der Waals surface area contributed by atoms with E-state index < -0.39 is 0 Å². The van der Waals surface area contributed by atoms with Gasteiger partial charge in [-0.1, -0.05) is 13.8 Å². The molecule has 0 aromatic heterocycles. The van der Waals surface area contributed by atoms with Crippen LogP contribution in [0.5, 0.6) is 0 Å². The van der Waals surface area contributed by atoms with Gasteiger partial charge in [-0.05, 0) is 18.8 Å². The van der Waals surface area contributed by atoms with E-state index in [1.807, 2.05) is 0 Å². The van der Waals surface area contributed by atoms with Crippen molar-refractivity contribution in [2.24, 2.45) is 11.8 Å². The first-order chi connectivity index (χ1) is 7.66. The SMILES string of the molecule is CC(C)C1CC(NC(=O)C2CNC2)CCO1.Cl. The van der Waals surface area contributed by atoms with Gasteiger partial charge in [0.1, 0.15) is 0 Å². The minimum absolute atomic E-state index is 0. The van der Waals surface area contributed by atoms with Gasteiger partial charge < -0.3 is 15.4 Å². The van der Waals surface area contributed by atoms with Gasteiger partial charge in [0.15, 0.2) is 0 Å². The zero-order chi connectivity index (χ0) is 11.5. The third-order valence-corrected chi connectivity index (χ3v) is 3.56. The highest BCUT2D eigenvalue weighted by Gasteiger charge is 2.30. The Bertz CT molecular complexity index is 257. The molecule has 4 nitrogen and oxygen atoms in total. The van der Waals surface area contributed by atoms with Gasteiger partial charge in [-0.15, -0.1) is 12.4 Å². The molecule has 2 fully saturated rings. The van der Waals surface area contributed by atoms with Crippen LogP contribution in [-0.4, -0.2) is 37.7 Å². The van der Waals surface area contributed by atoms with Crippen molar-refractivity contribution < 1.29 is 9.53 Å². The molecule has 0 aliphatic carbocycles. The quantitative estimate of drug-likeness (QED) is 0.796. The topological polar surface area (TPSA) is 50.4 Å². The highest BCUT2D eigenvalue weighted by atomic mass is 35.5. The molecule has 2 rings (SSSR count). The second kappa shape index (κ2) is 6.57. The highest BCUT2D eigenvalue weighted by Crippen LogP contribution is 2.20. The van der Waals surface area contributed by atoms with E-state index in [1.165, 1.54) is 0 Å². The highest BCUT2D eigenvalue weighted by molar-refractivity contribution is 5.85. The Balaban J connectivity index is 0.00000144. The average Bonchev–Trinajstić information content (AvgIpc) is 2.15. The molecule has 0 bridgehead atoms. The predicted molar refractivity (Wildman–Crippen MR) is 69.4 cm³/mol. The summed E-state index contributed by atoms with van der Waals surface area (Å²) < 4.78 is 5.69. The number of halogens is 1. The van der Waals surface area contributed by atoms with E-state index in [0.717, 1.165) is 32.5 Å². The first-order valence-electron chi connectivity index (χ1n) is 6.29. The van der Waals surface area contributed by atoms with Crippen molar-refractivity contribution in [3.05, 3.63) is 0 Å². The first-order valence-corrected chi connectivity index (χ1v) is 6.29. The number of hydrogen-bond acceptors (Lipinski definition) is 3. The third-order valence-electron chi connectivity index (χ3n) is 3.56. The number of amides is 1. The molecular weight excluding hydrogens is 240 g/mol. The Hall–Kier alpha value is -0.320. The Kier molecular flexibility index (Phi) is 5.70. The van der Waals surface area contributed by atoms with Gasteiger partial charge in [-0.3, -0.25) is 4.79 Å². The molecule has 0 spiro atoms. The van der Waals surface area contributed by atoms with E-state index in [-0.39, 0.29) is 24.2 Å². The van der Waals surface area contributed by atoms with E-state index >= 15 is 0 Å². The van der Waals surface area contributed by atoms with Crippen molar-refractivity contribution in [2.45, 2.75) is 38.8 Å². The monoisotopic (exact) mass is 262 g/mol. The van der Waals surface area contributed by atoms with Crippen LogP contribution in [0.2, 0.25) is 0 Å². The lowest BCUT2D eigenvalue weighted by atomic mass is 9.94. The molecule has 2 atom stereocenters. The molecule has 0 aromatic carbocycles. The zero-order valence-electron chi connectivity index (χ0n) is 10.6. The molecule has 2 saturated heterocycles. The number of rotatable bonds is 3. The van der Waals surface area contributed by atoms with Gasteiger partial charge in [0.05, 0.1) is 12.0 Å². The van der Waals surface area contributed by atoms with Crippen LogP contribution in [0.1, 0.15) is 26.7 Å².